The predicted molar refractivity (Wildman–Crippen MR) is 132 cm³/mol. The zero-order chi connectivity index (χ0) is 24.0. The SMILES string of the molecule is C=CCn1c(=NC(=O)c2ccc(S(=O)(=O)N(CC)CCCC)cc2)sc2cc(OC)ccc21. The van der Waals surface area contributed by atoms with Gasteiger partial charge in [-0.15, -0.1) is 6.58 Å². The monoisotopic (exact) mass is 487 g/mol. The van der Waals surface area contributed by atoms with Crippen LogP contribution < -0.4 is 9.54 Å². The van der Waals surface area contributed by atoms with Crippen molar-refractivity contribution in [3.05, 3.63) is 65.5 Å². The van der Waals surface area contributed by atoms with E-state index in [0.29, 0.717) is 30.0 Å². The van der Waals surface area contributed by atoms with E-state index in [-0.39, 0.29) is 4.90 Å². The Balaban J connectivity index is 1.94. The molecule has 0 fully saturated rings. The third-order valence-corrected chi connectivity index (χ3v) is 8.28. The summed E-state index contributed by atoms with van der Waals surface area (Å²) in [6, 6.07) is 11.7. The van der Waals surface area contributed by atoms with Crippen molar-refractivity contribution in [2.45, 2.75) is 38.1 Å². The summed E-state index contributed by atoms with van der Waals surface area (Å²) in [5.74, 6) is 0.290. The van der Waals surface area contributed by atoms with E-state index >= 15 is 0 Å². The minimum absolute atomic E-state index is 0.174. The van der Waals surface area contributed by atoms with Crippen LogP contribution in [0.3, 0.4) is 0 Å². The Hall–Kier alpha value is -2.75. The highest BCUT2D eigenvalue weighted by Gasteiger charge is 2.22. The zero-order valence-corrected chi connectivity index (χ0v) is 20.8. The number of allylic oxidation sites excluding steroid dienone is 1. The Morgan fingerprint density at radius 3 is 2.55 bits per heavy atom. The first-order valence-electron chi connectivity index (χ1n) is 10.8. The van der Waals surface area contributed by atoms with Crippen LogP contribution in [-0.2, 0) is 16.6 Å². The first-order chi connectivity index (χ1) is 15.8. The third kappa shape index (κ3) is 5.43. The third-order valence-electron chi connectivity index (χ3n) is 5.25. The normalized spacial score (nSPS) is 12.4. The van der Waals surface area contributed by atoms with Crippen LogP contribution >= 0.6 is 11.3 Å². The number of methoxy groups -OCH3 is 1. The highest BCUT2D eigenvalue weighted by Crippen LogP contribution is 2.23. The van der Waals surface area contributed by atoms with Crippen LogP contribution in [0.2, 0.25) is 0 Å². The molecule has 0 aliphatic rings. The minimum atomic E-state index is -3.60. The summed E-state index contributed by atoms with van der Waals surface area (Å²) >= 11 is 1.38. The maximum absolute atomic E-state index is 12.9. The van der Waals surface area contributed by atoms with E-state index in [1.165, 1.54) is 39.9 Å². The number of unbranched alkanes of at least 4 members (excludes halogenated alkanes) is 1. The van der Waals surface area contributed by atoms with Gasteiger partial charge in [0, 0.05) is 25.2 Å². The topological polar surface area (TPSA) is 81.0 Å². The number of hydrogen-bond donors (Lipinski definition) is 0. The number of ether oxygens (including phenoxy) is 1. The van der Waals surface area contributed by atoms with Gasteiger partial charge in [-0.2, -0.15) is 9.30 Å². The Morgan fingerprint density at radius 1 is 1.21 bits per heavy atom. The van der Waals surface area contributed by atoms with Gasteiger partial charge in [-0.05, 0) is 48.9 Å². The zero-order valence-electron chi connectivity index (χ0n) is 19.2. The average Bonchev–Trinajstić information content (AvgIpc) is 3.15. The maximum atomic E-state index is 12.9. The molecule has 0 atom stereocenters. The van der Waals surface area contributed by atoms with Crippen molar-refractivity contribution in [2.75, 3.05) is 20.2 Å². The summed E-state index contributed by atoms with van der Waals surface area (Å²) in [4.78, 5) is 17.9. The molecule has 0 saturated carbocycles. The lowest BCUT2D eigenvalue weighted by Gasteiger charge is -2.20. The largest absolute Gasteiger partial charge is 0.497 e. The lowest BCUT2D eigenvalue weighted by atomic mass is 10.2. The molecule has 0 aliphatic heterocycles. The van der Waals surface area contributed by atoms with Gasteiger partial charge in [0.2, 0.25) is 10.0 Å². The number of fused-ring (bicyclic) bond motifs is 1. The van der Waals surface area contributed by atoms with Crippen LogP contribution in [0, 0.1) is 0 Å². The van der Waals surface area contributed by atoms with Gasteiger partial charge in [0.05, 0.1) is 22.2 Å². The molecule has 3 aromatic rings. The van der Waals surface area contributed by atoms with E-state index in [9.17, 15) is 13.2 Å². The van der Waals surface area contributed by atoms with Crippen molar-refractivity contribution < 1.29 is 17.9 Å². The predicted octanol–water partition coefficient (Wildman–Crippen LogP) is 4.45. The van der Waals surface area contributed by atoms with Gasteiger partial charge in [-0.1, -0.05) is 37.7 Å². The molecule has 0 radical (unpaired) electrons. The molecular weight excluding hydrogens is 458 g/mol. The average molecular weight is 488 g/mol. The standard InChI is InChI=1S/C24H29N3O4S2/c1-5-8-16-26(7-3)33(29,30)20-12-9-18(10-13-20)23(28)25-24-27(15-6-2)21-14-11-19(31-4)17-22(21)32-24/h6,9-14,17H,2,5,7-8,15-16H2,1,3-4H3. The highest BCUT2D eigenvalue weighted by molar-refractivity contribution is 7.89. The molecule has 1 amide bonds. The number of carbonyl (C=O) groups excluding carboxylic acids is 1. The number of aromatic nitrogens is 1. The Bertz CT molecular complexity index is 1310. The molecule has 0 aliphatic carbocycles. The maximum Gasteiger partial charge on any atom is 0.279 e. The van der Waals surface area contributed by atoms with Crippen LogP contribution in [0.5, 0.6) is 5.75 Å². The molecule has 1 heterocycles. The smallest absolute Gasteiger partial charge is 0.279 e. The molecule has 3 rings (SSSR count). The minimum Gasteiger partial charge on any atom is -0.497 e. The number of sulfonamides is 1. The van der Waals surface area contributed by atoms with Crippen LogP contribution in [0.1, 0.15) is 37.0 Å². The summed E-state index contributed by atoms with van der Waals surface area (Å²) in [5.41, 5.74) is 1.26. The molecule has 0 bridgehead atoms. The van der Waals surface area contributed by atoms with Crippen molar-refractivity contribution in [3.8, 4) is 5.75 Å². The summed E-state index contributed by atoms with van der Waals surface area (Å²) in [6.45, 7) is 9.02. The van der Waals surface area contributed by atoms with Gasteiger partial charge in [0.25, 0.3) is 5.91 Å². The van der Waals surface area contributed by atoms with Crippen molar-refractivity contribution >= 4 is 37.5 Å². The van der Waals surface area contributed by atoms with E-state index in [0.717, 1.165) is 28.8 Å². The second-order valence-electron chi connectivity index (χ2n) is 7.41. The van der Waals surface area contributed by atoms with Crippen LogP contribution in [0.15, 0.2) is 65.0 Å². The molecule has 7 nitrogen and oxygen atoms in total. The van der Waals surface area contributed by atoms with Gasteiger partial charge in [-0.25, -0.2) is 8.42 Å². The second-order valence-corrected chi connectivity index (χ2v) is 10.4. The number of rotatable bonds is 10. The molecule has 0 unspecified atom stereocenters. The fourth-order valence-corrected chi connectivity index (χ4v) is 5.98. The fourth-order valence-electron chi connectivity index (χ4n) is 3.42. The summed E-state index contributed by atoms with van der Waals surface area (Å²) < 4.78 is 35.4. The lowest BCUT2D eigenvalue weighted by Crippen LogP contribution is -2.31. The molecule has 33 heavy (non-hydrogen) atoms. The van der Waals surface area contributed by atoms with E-state index in [2.05, 4.69) is 11.6 Å². The Labute approximate surface area is 198 Å². The number of hydrogen-bond acceptors (Lipinski definition) is 5. The molecule has 0 N–H and O–H groups in total. The van der Waals surface area contributed by atoms with Crippen LogP contribution in [-0.4, -0.2) is 43.4 Å². The molecule has 9 heteroatoms. The first-order valence-corrected chi connectivity index (χ1v) is 13.1. The van der Waals surface area contributed by atoms with E-state index in [1.54, 1.807) is 13.2 Å². The van der Waals surface area contributed by atoms with Gasteiger partial charge >= 0.3 is 0 Å². The van der Waals surface area contributed by atoms with E-state index < -0.39 is 15.9 Å². The van der Waals surface area contributed by atoms with Gasteiger partial charge in [-0.3, -0.25) is 4.79 Å². The number of carbonyl (C=O) groups is 1. The first kappa shape index (κ1) is 24.9. The van der Waals surface area contributed by atoms with Crippen molar-refractivity contribution in [1.29, 1.82) is 0 Å². The summed E-state index contributed by atoms with van der Waals surface area (Å²) in [7, 11) is -1.99. The fraction of sp³-hybridized carbons (Fsp3) is 0.333. The van der Waals surface area contributed by atoms with Crippen molar-refractivity contribution in [3.63, 3.8) is 0 Å². The van der Waals surface area contributed by atoms with Gasteiger partial charge in [0.1, 0.15) is 5.75 Å². The van der Waals surface area contributed by atoms with Crippen LogP contribution in [0.4, 0.5) is 0 Å². The summed E-state index contributed by atoms with van der Waals surface area (Å²) in [6.07, 6.45) is 3.46. The highest BCUT2D eigenvalue weighted by atomic mass is 32.2. The quantitative estimate of drug-likeness (QED) is 0.396. The molecule has 0 spiro atoms. The van der Waals surface area contributed by atoms with Gasteiger partial charge in [0.15, 0.2) is 4.80 Å². The molecule has 2 aromatic carbocycles. The number of benzene rings is 2. The Kier molecular flexibility index (Phi) is 8.23. The van der Waals surface area contributed by atoms with Crippen molar-refractivity contribution in [2.24, 2.45) is 4.99 Å². The van der Waals surface area contributed by atoms with E-state index in [1.807, 2.05) is 36.6 Å². The molecule has 1 aromatic heterocycles. The second kappa shape index (κ2) is 10.9. The number of nitrogens with zero attached hydrogens (tertiary/aromatic N) is 3. The van der Waals surface area contributed by atoms with Crippen LogP contribution in [0.25, 0.3) is 10.2 Å². The van der Waals surface area contributed by atoms with Gasteiger partial charge < -0.3 is 9.30 Å². The molecule has 176 valence electrons. The molecular formula is C24H29N3O4S2. The summed E-state index contributed by atoms with van der Waals surface area (Å²) in [5, 5.41) is 0. The Morgan fingerprint density at radius 2 is 1.94 bits per heavy atom. The lowest BCUT2D eigenvalue weighted by molar-refractivity contribution is 0.0997. The number of amides is 1. The van der Waals surface area contributed by atoms with Crippen molar-refractivity contribution in [1.82, 2.24) is 8.87 Å². The molecule has 0 saturated heterocycles. The number of thiazole rings is 1. The van der Waals surface area contributed by atoms with E-state index in [4.69, 9.17) is 4.74 Å².